The summed E-state index contributed by atoms with van der Waals surface area (Å²) in [6.07, 6.45) is 6.82. The summed E-state index contributed by atoms with van der Waals surface area (Å²) in [7, 11) is 0. The highest BCUT2D eigenvalue weighted by atomic mass is 35.5. The average Bonchev–Trinajstić information content (AvgIpc) is 3.49. The summed E-state index contributed by atoms with van der Waals surface area (Å²) in [6.45, 7) is -0.0107. The van der Waals surface area contributed by atoms with E-state index in [1.807, 2.05) is 47.3 Å². The summed E-state index contributed by atoms with van der Waals surface area (Å²) in [4.78, 5) is 23.1. The first-order valence-electron chi connectivity index (χ1n) is 9.61. The van der Waals surface area contributed by atoms with Gasteiger partial charge in [0.15, 0.2) is 11.5 Å². The number of ether oxygens (including phenoxy) is 1. The first kappa shape index (κ1) is 21.1. The molecule has 0 atom stereocenters. The van der Waals surface area contributed by atoms with Crippen LogP contribution in [0.1, 0.15) is 21.9 Å². The van der Waals surface area contributed by atoms with Crippen LogP contribution in [-0.2, 0) is 6.61 Å². The topological polar surface area (TPSA) is 87.5 Å². The smallest absolute Gasteiger partial charge is 0.312 e. The van der Waals surface area contributed by atoms with E-state index >= 15 is 0 Å². The molecule has 2 aromatic carbocycles. The number of allylic oxidation sites excluding steroid dienone is 1. The minimum Gasteiger partial charge on any atom is -0.479 e. The Hall–Kier alpha value is -4.10. The highest BCUT2D eigenvalue weighted by Gasteiger charge is 2.16. The third kappa shape index (κ3) is 4.96. The first-order chi connectivity index (χ1) is 15.5. The lowest BCUT2D eigenvalue weighted by atomic mass is 10.1. The third-order valence-electron chi connectivity index (χ3n) is 4.60. The Labute approximate surface area is 188 Å². The van der Waals surface area contributed by atoms with E-state index in [2.05, 4.69) is 0 Å². The molecular weight excluding hydrogens is 432 g/mol. The first-order valence-corrected chi connectivity index (χ1v) is 9.99. The number of halogens is 1. The second-order valence-corrected chi connectivity index (χ2v) is 7.24. The molecule has 0 N–H and O–H groups in total. The van der Waals surface area contributed by atoms with E-state index in [4.69, 9.17) is 20.8 Å². The zero-order chi connectivity index (χ0) is 22.5. The van der Waals surface area contributed by atoms with Gasteiger partial charge in [0.05, 0.1) is 4.92 Å². The number of aromatic nitrogens is 1. The van der Waals surface area contributed by atoms with Crippen molar-refractivity contribution in [1.82, 2.24) is 4.57 Å². The van der Waals surface area contributed by atoms with E-state index in [9.17, 15) is 14.9 Å². The molecule has 2 heterocycles. The second-order valence-electron chi connectivity index (χ2n) is 6.80. The van der Waals surface area contributed by atoms with Crippen molar-refractivity contribution in [3.63, 3.8) is 0 Å². The van der Waals surface area contributed by atoms with Crippen LogP contribution in [-0.4, -0.2) is 15.3 Å². The van der Waals surface area contributed by atoms with Crippen molar-refractivity contribution in [3.8, 4) is 11.4 Å². The van der Waals surface area contributed by atoms with Gasteiger partial charge in [-0.25, -0.2) is 0 Å². The van der Waals surface area contributed by atoms with Crippen molar-refractivity contribution in [1.29, 1.82) is 0 Å². The largest absolute Gasteiger partial charge is 0.479 e. The number of nitro benzene ring substituents is 1. The standard InChI is InChI=1S/C24H17ClN2O5/c25-18-6-11-24(22(15-18)27(29)30)31-16-21-8-7-20(32-21)9-10-23(28)17-4-3-5-19(14-17)26-12-1-2-13-26/h1-15H,16H2/b10-9+. The highest BCUT2D eigenvalue weighted by molar-refractivity contribution is 6.30. The lowest BCUT2D eigenvalue weighted by Gasteiger charge is -2.05. The van der Waals surface area contributed by atoms with Crippen LogP contribution in [0.2, 0.25) is 5.02 Å². The summed E-state index contributed by atoms with van der Waals surface area (Å²) in [5.41, 5.74) is 1.22. The zero-order valence-electron chi connectivity index (χ0n) is 16.7. The van der Waals surface area contributed by atoms with Crippen LogP contribution < -0.4 is 4.74 Å². The highest BCUT2D eigenvalue weighted by Crippen LogP contribution is 2.30. The lowest BCUT2D eigenvalue weighted by Crippen LogP contribution is -1.98. The van der Waals surface area contributed by atoms with E-state index in [-0.39, 0.29) is 28.8 Å². The van der Waals surface area contributed by atoms with Crippen LogP contribution in [0, 0.1) is 10.1 Å². The van der Waals surface area contributed by atoms with Gasteiger partial charge >= 0.3 is 5.69 Å². The van der Waals surface area contributed by atoms with Crippen LogP contribution >= 0.6 is 11.6 Å². The van der Waals surface area contributed by atoms with Crippen molar-refractivity contribution in [2.45, 2.75) is 6.61 Å². The minimum absolute atomic E-state index is 0.0107. The van der Waals surface area contributed by atoms with E-state index in [1.165, 1.54) is 24.3 Å². The second kappa shape index (κ2) is 9.36. The Morgan fingerprint density at radius 2 is 1.91 bits per heavy atom. The van der Waals surface area contributed by atoms with Crippen LogP contribution in [0.15, 0.2) is 89.6 Å². The van der Waals surface area contributed by atoms with Gasteiger partial charge in [-0.05, 0) is 60.7 Å². The van der Waals surface area contributed by atoms with Crippen molar-refractivity contribution in [2.75, 3.05) is 0 Å². The van der Waals surface area contributed by atoms with Crippen molar-refractivity contribution in [3.05, 3.63) is 117 Å². The van der Waals surface area contributed by atoms with Gasteiger partial charge in [0.25, 0.3) is 0 Å². The van der Waals surface area contributed by atoms with Gasteiger partial charge in [-0.1, -0.05) is 23.7 Å². The Bertz CT molecular complexity index is 1290. The molecule has 0 bridgehead atoms. The molecule has 0 aliphatic rings. The molecule has 0 radical (unpaired) electrons. The molecule has 4 rings (SSSR count). The fourth-order valence-corrected chi connectivity index (χ4v) is 3.21. The van der Waals surface area contributed by atoms with Crippen LogP contribution in [0.3, 0.4) is 0 Å². The molecule has 0 aliphatic heterocycles. The van der Waals surface area contributed by atoms with Gasteiger partial charge in [0.1, 0.15) is 18.1 Å². The Morgan fingerprint density at radius 3 is 2.69 bits per heavy atom. The molecule has 0 aliphatic carbocycles. The van der Waals surface area contributed by atoms with Gasteiger partial charge < -0.3 is 13.7 Å². The van der Waals surface area contributed by atoms with Crippen molar-refractivity contribution < 1.29 is 18.9 Å². The normalized spacial score (nSPS) is 11.0. The molecule has 4 aromatic rings. The number of carbonyl (C=O) groups is 1. The van der Waals surface area contributed by atoms with Gasteiger partial charge in [0, 0.05) is 34.7 Å². The quantitative estimate of drug-likeness (QED) is 0.140. The van der Waals surface area contributed by atoms with Crippen molar-refractivity contribution >= 4 is 29.1 Å². The summed E-state index contributed by atoms with van der Waals surface area (Å²) < 4.78 is 13.1. The number of ketones is 1. The fraction of sp³-hybridized carbons (Fsp3) is 0.0417. The predicted octanol–water partition coefficient (Wildman–Crippen LogP) is 6.11. The van der Waals surface area contributed by atoms with E-state index < -0.39 is 4.92 Å². The number of benzene rings is 2. The van der Waals surface area contributed by atoms with Gasteiger partial charge in [0.2, 0.25) is 0 Å². The third-order valence-corrected chi connectivity index (χ3v) is 4.84. The molecule has 32 heavy (non-hydrogen) atoms. The van der Waals surface area contributed by atoms with Gasteiger partial charge in [-0.15, -0.1) is 0 Å². The van der Waals surface area contributed by atoms with Crippen LogP contribution in [0.5, 0.6) is 5.75 Å². The lowest BCUT2D eigenvalue weighted by molar-refractivity contribution is -0.385. The molecule has 0 saturated heterocycles. The van der Waals surface area contributed by atoms with Gasteiger partial charge in [-0.2, -0.15) is 0 Å². The zero-order valence-corrected chi connectivity index (χ0v) is 17.4. The van der Waals surface area contributed by atoms with E-state index in [1.54, 1.807) is 24.3 Å². The maximum atomic E-state index is 12.5. The van der Waals surface area contributed by atoms with Crippen molar-refractivity contribution in [2.24, 2.45) is 0 Å². The summed E-state index contributed by atoms with van der Waals surface area (Å²) >= 11 is 5.81. The summed E-state index contributed by atoms with van der Waals surface area (Å²) in [6, 6.07) is 18.7. The average molecular weight is 449 g/mol. The molecule has 0 spiro atoms. The molecule has 0 amide bonds. The Kier molecular flexibility index (Phi) is 6.19. The number of carbonyl (C=O) groups excluding carboxylic acids is 1. The minimum atomic E-state index is -0.561. The maximum absolute atomic E-state index is 12.5. The number of hydrogen-bond acceptors (Lipinski definition) is 5. The SMILES string of the molecule is O=C(/C=C/c1ccc(COc2ccc(Cl)cc2[N+](=O)[O-])o1)c1cccc(-n2cccc2)c1. The summed E-state index contributed by atoms with van der Waals surface area (Å²) in [5.74, 6) is 0.843. The number of hydrogen-bond donors (Lipinski definition) is 0. The Balaban J connectivity index is 1.41. The molecule has 0 unspecified atom stereocenters. The van der Waals surface area contributed by atoms with Crippen LogP contribution in [0.4, 0.5) is 5.69 Å². The van der Waals surface area contributed by atoms with Crippen LogP contribution in [0.25, 0.3) is 11.8 Å². The van der Waals surface area contributed by atoms with Gasteiger partial charge in [-0.3, -0.25) is 14.9 Å². The monoisotopic (exact) mass is 448 g/mol. The molecule has 160 valence electrons. The van der Waals surface area contributed by atoms with E-state index in [0.29, 0.717) is 17.1 Å². The van der Waals surface area contributed by atoms with E-state index in [0.717, 1.165) is 5.69 Å². The molecule has 8 heteroatoms. The maximum Gasteiger partial charge on any atom is 0.312 e. The number of rotatable bonds is 8. The molecule has 2 aromatic heterocycles. The number of nitro groups is 1. The fourth-order valence-electron chi connectivity index (χ4n) is 3.05. The predicted molar refractivity (Wildman–Crippen MR) is 120 cm³/mol. The molecule has 0 saturated carbocycles. The number of furan rings is 1. The Morgan fingerprint density at radius 1 is 1.09 bits per heavy atom. The molecular formula is C24H17ClN2O5. The molecule has 7 nitrogen and oxygen atoms in total. The molecule has 0 fully saturated rings. The summed E-state index contributed by atoms with van der Waals surface area (Å²) in [5, 5.41) is 11.4. The number of nitrogens with zero attached hydrogens (tertiary/aromatic N) is 2.